The smallest absolute Gasteiger partial charge is 0.223 e. The Balaban J connectivity index is 1.40. The van der Waals surface area contributed by atoms with E-state index in [1.807, 2.05) is 23.0 Å². The average Bonchev–Trinajstić information content (AvgIpc) is 3.25. The van der Waals surface area contributed by atoms with Crippen LogP contribution in [0.15, 0.2) is 36.7 Å². The maximum atomic E-state index is 13.3. The van der Waals surface area contributed by atoms with E-state index in [0.717, 1.165) is 31.7 Å². The SMILES string of the molecule is CN1CCN(C(=O)C[C@H]2CN(C(=O)CCc3cnn(C)c3)CC[C@@H]2Oc2ccc(F)cc2)CC1. The number of piperidine rings is 1. The van der Waals surface area contributed by atoms with Gasteiger partial charge in [0.05, 0.1) is 6.20 Å². The van der Waals surface area contributed by atoms with Crippen molar-refractivity contribution in [3.8, 4) is 5.75 Å². The summed E-state index contributed by atoms with van der Waals surface area (Å²) in [5.41, 5.74) is 1.03. The number of likely N-dealkylation sites (tertiary alicyclic amines) is 1. The molecule has 184 valence electrons. The first-order chi connectivity index (χ1) is 16.4. The standard InChI is InChI=1S/C25H34FN5O3/c1-28-11-13-30(14-12-28)25(33)15-20-18-31(24(32)8-3-19-16-27-29(2)17-19)10-9-23(20)34-22-6-4-21(26)5-7-22/h4-7,16-17,20,23H,3,8-15,18H2,1-2H3/t20-,23-/m0/s1. The van der Waals surface area contributed by atoms with Crippen LogP contribution in [-0.2, 0) is 23.1 Å². The van der Waals surface area contributed by atoms with Crippen molar-refractivity contribution in [2.24, 2.45) is 13.0 Å². The van der Waals surface area contributed by atoms with Crippen LogP contribution in [0.5, 0.6) is 5.75 Å². The third-order valence-electron chi connectivity index (χ3n) is 6.80. The van der Waals surface area contributed by atoms with Gasteiger partial charge in [-0.15, -0.1) is 0 Å². The minimum absolute atomic E-state index is 0.0844. The molecule has 9 heteroatoms. The zero-order chi connectivity index (χ0) is 24.1. The van der Waals surface area contributed by atoms with E-state index in [0.29, 0.717) is 44.5 Å². The number of carbonyl (C=O) groups excluding carboxylic acids is 2. The van der Waals surface area contributed by atoms with E-state index in [2.05, 4.69) is 17.0 Å². The van der Waals surface area contributed by atoms with E-state index in [-0.39, 0.29) is 29.7 Å². The number of aryl methyl sites for hydroxylation is 2. The Morgan fingerprint density at radius 2 is 1.76 bits per heavy atom. The molecule has 3 heterocycles. The number of carbonyl (C=O) groups is 2. The second kappa shape index (κ2) is 11.0. The number of amides is 2. The van der Waals surface area contributed by atoms with E-state index < -0.39 is 0 Å². The lowest BCUT2D eigenvalue weighted by Crippen LogP contribution is -2.51. The second-order valence-corrected chi connectivity index (χ2v) is 9.41. The minimum atomic E-state index is -0.317. The van der Waals surface area contributed by atoms with Gasteiger partial charge in [-0.05, 0) is 43.3 Å². The lowest BCUT2D eigenvalue weighted by atomic mass is 9.90. The van der Waals surface area contributed by atoms with Gasteiger partial charge in [0.15, 0.2) is 0 Å². The third-order valence-corrected chi connectivity index (χ3v) is 6.80. The minimum Gasteiger partial charge on any atom is -0.490 e. The first-order valence-corrected chi connectivity index (χ1v) is 12.0. The van der Waals surface area contributed by atoms with Crippen LogP contribution < -0.4 is 4.74 Å². The molecule has 2 aromatic rings. The van der Waals surface area contributed by atoms with E-state index in [1.165, 1.54) is 12.1 Å². The van der Waals surface area contributed by atoms with Gasteiger partial charge in [0.25, 0.3) is 0 Å². The van der Waals surface area contributed by atoms with Gasteiger partial charge in [-0.25, -0.2) is 4.39 Å². The monoisotopic (exact) mass is 471 g/mol. The number of rotatable bonds is 7. The summed E-state index contributed by atoms with van der Waals surface area (Å²) >= 11 is 0. The van der Waals surface area contributed by atoms with Gasteiger partial charge >= 0.3 is 0 Å². The van der Waals surface area contributed by atoms with E-state index in [4.69, 9.17) is 4.74 Å². The fourth-order valence-corrected chi connectivity index (χ4v) is 4.70. The molecule has 2 fully saturated rings. The Morgan fingerprint density at radius 3 is 2.44 bits per heavy atom. The molecule has 0 aliphatic carbocycles. The highest BCUT2D eigenvalue weighted by molar-refractivity contribution is 5.78. The summed E-state index contributed by atoms with van der Waals surface area (Å²) in [4.78, 5) is 32.1. The molecule has 8 nitrogen and oxygen atoms in total. The van der Waals surface area contributed by atoms with Crippen LogP contribution in [0.3, 0.4) is 0 Å². The van der Waals surface area contributed by atoms with Crippen LogP contribution >= 0.6 is 0 Å². The number of halogens is 1. The number of aromatic nitrogens is 2. The number of hydrogen-bond acceptors (Lipinski definition) is 5. The predicted octanol–water partition coefficient (Wildman–Crippen LogP) is 1.95. The molecule has 2 aliphatic heterocycles. The molecular formula is C25H34FN5O3. The van der Waals surface area contributed by atoms with Crippen LogP contribution in [0.1, 0.15) is 24.8 Å². The molecule has 2 saturated heterocycles. The van der Waals surface area contributed by atoms with Gasteiger partial charge < -0.3 is 19.4 Å². The van der Waals surface area contributed by atoms with E-state index >= 15 is 0 Å². The van der Waals surface area contributed by atoms with Gasteiger partial charge in [0.1, 0.15) is 17.7 Å². The summed E-state index contributed by atoms with van der Waals surface area (Å²) in [5, 5.41) is 4.16. The lowest BCUT2D eigenvalue weighted by molar-refractivity contribution is -0.140. The Labute approximate surface area is 200 Å². The number of ether oxygens (including phenoxy) is 1. The summed E-state index contributed by atoms with van der Waals surface area (Å²) in [6.07, 6.45) is 5.53. The number of nitrogens with zero attached hydrogens (tertiary/aromatic N) is 5. The Bertz CT molecular complexity index is 971. The highest BCUT2D eigenvalue weighted by Gasteiger charge is 2.35. The highest BCUT2D eigenvalue weighted by atomic mass is 19.1. The van der Waals surface area contributed by atoms with Crippen LogP contribution in [0.25, 0.3) is 0 Å². The third kappa shape index (κ3) is 6.34. The zero-order valence-electron chi connectivity index (χ0n) is 20.0. The lowest BCUT2D eigenvalue weighted by Gasteiger charge is -2.40. The number of benzene rings is 1. The van der Waals surface area contributed by atoms with E-state index in [9.17, 15) is 14.0 Å². The molecule has 1 aromatic heterocycles. The van der Waals surface area contributed by atoms with Crippen molar-refractivity contribution in [3.05, 3.63) is 48.0 Å². The highest BCUT2D eigenvalue weighted by Crippen LogP contribution is 2.27. The van der Waals surface area contributed by atoms with Crippen molar-refractivity contribution in [1.82, 2.24) is 24.5 Å². The summed E-state index contributed by atoms with van der Waals surface area (Å²) in [6.45, 7) is 4.24. The fourth-order valence-electron chi connectivity index (χ4n) is 4.70. The van der Waals surface area contributed by atoms with Gasteiger partial charge in [-0.3, -0.25) is 14.3 Å². The topological polar surface area (TPSA) is 70.9 Å². The average molecular weight is 472 g/mol. The van der Waals surface area contributed by atoms with Crippen LogP contribution in [0, 0.1) is 11.7 Å². The quantitative estimate of drug-likeness (QED) is 0.618. The summed E-state index contributed by atoms with van der Waals surface area (Å²) in [6, 6.07) is 5.97. The molecule has 0 bridgehead atoms. The van der Waals surface area contributed by atoms with Crippen molar-refractivity contribution in [2.45, 2.75) is 31.8 Å². The molecule has 0 unspecified atom stereocenters. The van der Waals surface area contributed by atoms with Gasteiger partial charge in [-0.2, -0.15) is 5.10 Å². The molecule has 0 spiro atoms. The Morgan fingerprint density at radius 1 is 1.03 bits per heavy atom. The number of piperazine rings is 1. The fraction of sp³-hybridized carbons (Fsp3) is 0.560. The number of likely N-dealkylation sites (N-methyl/N-ethyl adjacent to an activating group) is 1. The molecule has 2 amide bonds. The van der Waals surface area contributed by atoms with Crippen molar-refractivity contribution in [2.75, 3.05) is 46.3 Å². The van der Waals surface area contributed by atoms with Crippen molar-refractivity contribution < 1.29 is 18.7 Å². The molecule has 0 saturated carbocycles. The van der Waals surface area contributed by atoms with Crippen LogP contribution in [0.4, 0.5) is 4.39 Å². The van der Waals surface area contributed by atoms with Crippen molar-refractivity contribution in [3.63, 3.8) is 0 Å². The maximum absolute atomic E-state index is 13.3. The molecule has 2 atom stereocenters. The van der Waals surface area contributed by atoms with Gasteiger partial charge in [-0.1, -0.05) is 0 Å². The Hall–Kier alpha value is -2.94. The molecular weight excluding hydrogens is 437 g/mol. The second-order valence-electron chi connectivity index (χ2n) is 9.41. The molecule has 4 rings (SSSR count). The molecule has 34 heavy (non-hydrogen) atoms. The first kappa shape index (κ1) is 24.2. The first-order valence-electron chi connectivity index (χ1n) is 12.0. The maximum Gasteiger partial charge on any atom is 0.223 e. The zero-order valence-corrected chi connectivity index (χ0v) is 20.0. The predicted molar refractivity (Wildman–Crippen MR) is 126 cm³/mol. The normalized spacial score (nSPS) is 21.5. The van der Waals surface area contributed by atoms with Crippen molar-refractivity contribution in [1.29, 1.82) is 0 Å². The van der Waals surface area contributed by atoms with Gasteiger partial charge in [0.2, 0.25) is 11.8 Å². The molecule has 1 aromatic carbocycles. The molecule has 0 N–H and O–H groups in total. The molecule has 2 aliphatic rings. The van der Waals surface area contributed by atoms with Gasteiger partial charge in [0, 0.05) is 77.7 Å². The summed E-state index contributed by atoms with van der Waals surface area (Å²) < 4.78 is 21.3. The van der Waals surface area contributed by atoms with E-state index in [1.54, 1.807) is 23.0 Å². The van der Waals surface area contributed by atoms with Crippen LogP contribution in [0.2, 0.25) is 0 Å². The molecule has 0 radical (unpaired) electrons. The van der Waals surface area contributed by atoms with Crippen LogP contribution in [-0.4, -0.2) is 88.7 Å². The number of hydrogen-bond donors (Lipinski definition) is 0. The summed E-state index contributed by atoms with van der Waals surface area (Å²) in [7, 11) is 3.92. The largest absolute Gasteiger partial charge is 0.490 e. The summed E-state index contributed by atoms with van der Waals surface area (Å²) in [5.74, 6) is 0.341. The van der Waals surface area contributed by atoms with Crippen molar-refractivity contribution >= 4 is 11.8 Å². The Kier molecular flexibility index (Phi) is 7.82.